The van der Waals surface area contributed by atoms with E-state index in [1.54, 1.807) is 19.1 Å². The van der Waals surface area contributed by atoms with E-state index in [2.05, 4.69) is 59.2 Å². The molecule has 4 heterocycles. The number of halogens is 1. The number of carbonyl (C=O) groups excluding carboxylic acids is 3. The fourth-order valence-electron chi connectivity index (χ4n) is 6.98. The Labute approximate surface area is 385 Å². The van der Waals surface area contributed by atoms with Crippen molar-refractivity contribution in [3.63, 3.8) is 0 Å². The molecule has 0 aliphatic carbocycles. The molecule has 0 unspecified atom stereocenters. The smallest absolute Gasteiger partial charge is 0.410 e. The number of aromatic nitrogens is 4. The maximum atomic E-state index is 13.0. The summed E-state index contributed by atoms with van der Waals surface area (Å²) < 4.78 is 18.3. The van der Waals surface area contributed by atoms with Gasteiger partial charge >= 0.3 is 6.09 Å². The Bertz CT molecular complexity index is 2120. The Morgan fingerprint density at radius 1 is 0.754 bits per heavy atom. The van der Waals surface area contributed by atoms with Gasteiger partial charge in [-0.2, -0.15) is 6.42 Å². The van der Waals surface area contributed by atoms with Gasteiger partial charge in [0.2, 0.25) is 0 Å². The van der Waals surface area contributed by atoms with Crippen molar-refractivity contribution in [1.29, 1.82) is 0 Å². The Morgan fingerprint density at radius 2 is 1.28 bits per heavy atom. The average molecular weight is 977 g/mol. The van der Waals surface area contributed by atoms with Gasteiger partial charge in [0.1, 0.15) is 42.3 Å². The predicted octanol–water partition coefficient (Wildman–Crippen LogP) is 8.57. The van der Waals surface area contributed by atoms with Gasteiger partial charge in [-0.1, -0.05) is 61.5 Å². The summed E-state index contributed by atoms with van der Waals surface area (Å²) in [5, 5.41) is 3.28. The second-order valence-electron chi connectivity index (χ2n) is 14.4. The molecule has 321 valence electrons. The van der Waals surface area contributed by atoms with Gasteiger partial charge in [-0.3, -0.25) is 14.0 Å². The number of hydrogen-bond acceptors (Lipinski definition) is 11. The van der Waals surface area contributed by atoms with E-state index in [9.17, 15) is 14.4 Å². The maximum Gasteiger partial charge on any atom is 0.410 e. The van der Waals surface area contributed by atoms with Crippen LogP contribution in [0, 0.1) is 16.3 Å². The van der Waals surface area contributed by atoms with Gasteiger partial charge < -0.3 is 47.0 Å². The van der Waals surface area contributed by atoms with Gasteiger partial charge in [0, 0.05) is 74.0 Å². The summed E-state index contributed by atoms with van der Waals surface area (Å²) in [5.41, 5.74) is 5.59. The molecule has 2 saturated heterocycles. The molecule has 2 atom stereocenters. The molecule has 1 radical (unpaired) electrons. The molecule has 5 aromatic rings. The molecule has 0 saturated carbocycles. The van der Waals surface area contributed by atoms with E-state index in [0.29, 0.717) is 36.6 Å². The van der Waals surface area contributed by atoms with Crippen LogP contribution < -0.4 is 14.8 Å². The summed E-state index contributed by atoms with van der Waals surface area (Å²) >= 11 is 2.23. The van der Waals surface area contributed by atoms with Crippen LogP contribution in [0.1, 0.15) is 56.0 Å². The van der Waals surface area contributed by atoms with Crippen LogP contribution in [-0.4, -0.2) is 82.9 Å². The monoisotopic (exact) mass is 976 g/mol. The number of rotatable bonds is 13. The average Bonchev–Trinajstić information content (AvgIpc) is 3.31. The minimum Gasteiger partial charge on any atom is -0.496 e. The van der Waals surface area contributed by atoms with Crippen LogP contribution in [-0.2, 0) is 52.3 Å². The molecule has 7 rings (SSSR count). The van der Waals surface area contributed by atoms with E-state index in [-0.39, 0.29) is 61.1 Å². The van der Waals surface area contributed by atoms with Crippen LogP contribution in [0.4, 0.5) is 4.79 Å². The molecule has 0 spiro atoms. The van der Waals surface area contributed by atoms with E-state index in [0.717, 1.165) is 72.6 Å². The van der Waals surface area contributed by atoms with Crippen LogP contribution in [0.25, 0.3) is 22.5 Å². The van der Waals surface area contributed by atoms with Crippen molar-refractivity contribution in [3.05, 3.63) is 125 Å². The molecule has 61 heavy (non-hydrogen) atoms. The van der Waals surface area contributed by atoms with Gasteiger partial charge in [0.05, 0.1) is 37.0 Å². The van der Waals surface area contributed by atoms with Gasteiger partial charge in [-0.25, -0.2) is 24.7 Å². The van der Waals surface area contributed by atoms with Crippen molar-refractivity contribution >= 4 is 40.3 Å². The summed E-state index contributed by atoms with van der Waals surface area (Å²) in [6, 6.07) is 28.6. The number of amides is 1. The molecule has 1 amide bonds. The fourth-order valence-corrected chi connectivity index (χ4v) is 6.98. The number of ketones is 2. The molecule has 14 heteroatoms. The van der Waals surface area contributed by atoms with Crippen molar-refractivity contribution in [2.45, 2.75) is 58.5 Å². The number of carbonyl (C=O) groups is 3. The van der Waals surface area contributed by atoms with Gasteiger partial charge in [0.15, 0.2) is 0 Å². The number of Topliss-reactive ketones (excluding diaryl/α,β-unsaturated/α-hetero) is 2. The second kappa shape index (κ2) is 26.6. The number of methoxy groups -OCH3 is 2. The number of ether oxygens (including phenoxy) is 3. The summed E-state index contributed by atoms with van der Waals surface area (Å²) in [4.78, 5) is 56.8. The first-order valence-corrected chi connectivity index (χ1v) is 21.6. The van der Waals surface area contributed by atoms with E-state index < -0.39 is 0 Å². The van der Waals surface area contributed by atoms with Gasteiger partial charge in [0.25, 0.3) is 0 Å². The SMILES string of the molecule is CC[CH-]I.COc1ccccc1-c1cc(CC(=O)[C@H]2CCCN(C(=O)OCc3ccccc3)C2)ncn1.COc1ccccc1-c1cc(CC(=O)[C@H]2CCCNC2)ncn1.[V]. The van der Waals surface area contributed by atoms with Crippen LogP contribution in [0.3, 0.4) is 0 Å². The van der Waals surface area contributed by atoms with Crippen LogP contribution >= 0.6 is 22.6 Å². The Kier molecular flexibility index (Phi) is 21.4. The van der Waals surface area contributed by atoms with Crippen LogP contribution in [0.15, 0.2) is 104 Å². The Balaban J connectivity index is 0.000000256. The normalized spacial score (nSPS) is 15.6. The van der Waals surface area contributed by atoms with Crippen LogP contribution in [0.2, 0.25) is 0 Å². The zero-order chi connectivity index (χ0) is 42.5. The number of nitrogens with zero attached hydrogens (tertiary/aromatic N) is 5. The first-order chi connectivity index (χ1) is 29.3. The molecular weight excluding hydrogens is 922 g/mol. The standard InChI is InChI=1S/C26H27N3O4.C18H21N3O2.C3H6I.V/c1-32-25-12-6-5-11-22(25)23-14-21(27-18-28-23)15-24(30)20-10-7-13-29(16-20)26(31)33-17-19-8-3-2-4-9-19;1-23-18-7-3-2-6-15(18)16-9-14(20-12-21-16)10-17(22)13-5-4-8-19-11-13;1-2-3-4;/h2-6,8-9,11-12,14,18,20H,7,10,13,15-17H2,1H3;2-3,6-7,9,12-13,19H,4-5,8,10-11H2,1H3;3H,2H2,1H3;/q;;-1;/t20-;13-;;/m00../s1. The molecule has 0 bridgehead atoms. The maximum absolute atomic E-state index is 13.0. The zero-order valence-corrected chi connectivity index (χ0v) is 38.6. The Morgan fingerprint density at radius 3 is 1.80 bits per heavy atom. The first-order valence-electron chi connectivity index (χ1n) is 20.4. The quantitative estimate of drug-likeness (QED) is 0.0895. The number of benzene rings is 3. The molecule has 1 N–H and O–H groups in total. The minimum atomic E-state index is -0.378. The Hall–Kier alpha value is -4.70. The summed E-state index contributed by atoms with van der Waals surface area (Å²) in [6.07, 6.45) is 7.90. The number of para-hydroxylation sites is 2. The number of piperidine rings is 2. The van der Waals surface area contributed by atoms with E-state index in [4.69, 9.17) is 14.2 Å². The first kappa shape index (κ1) is 49.0. The van der Waals surface area contributed by atoms with Crippen LogP contribution in [0.5, 0.6) is 11.5 Å². The molecule has 3 aromatic carbocycles. The molecular formula is C47H54IN6O6V-. The molecule has 2 aliphatic heterocycles. The van der Waals surface area contributed by atoms with Crippen molar-refractivity contribution < 1.29 is 47.1 Å². The van der Waals surface area contributed by atoms with E-state index in [1.807, 2.05) is 91.0 Å². The minimum absolute atomic E-state index is 0. The van der Waals surface area contributed by atoms with Crippen molar-refractivity contribution in [3.8, 4) is 34.0 Å². The molecule has 2 fully saturated rings. The topological polar surface area (TPSA) is 146 Å². The van der Waals surface area contributed by atoms with E-state index in [1.165, 1.54) is 19.1 Å². The third-order valence-corrected chi connectivity index (χ3v) is 11.1. The summed E-state index contributed by atoms with van der Waals surface area (Å²) in [5.74, 6) is 1.67. The number of nitrogens with one attached hydrogen (secondary N) is 1. The van der Waals surface area contributed by atoms with E-state index >= 15 is 0 Å². The zero-order valence-electron chi connectivity index (χ0n) is 35.0. The number of hydrogen-bond donors (Lipinski definition) is 1. The third kappa shape index (κ3) is 15.3. The molecule has 2 aromatic heterocycles. The summed E-state index contributed by atoms with van der Waals surface area (Å²) in [7, 11) is 3.25. The van der Waals surface area contributed by atoms with Crippen molar-refractivity contribution in [1.82, 2.24) is 30.2 Å². The predicted molar refractivity (Wildman–Crippen MR) is 241 cm³/mol. The number of likely N-dealkylation sites (tertiary alicyclic amines) is 1. The summed E-state index contributed by atoms with van der Waals surface area (Å²) in [6.45, 7) is 5.10. The van der Waals surface area contributed by atoms with Crippen molar-refractivity contribution in [2.24, 2.45) is 11.8 Å². The second-order valence-corrected chi connectivity index (χ2v) is 15.3. The van der Waals surface area contributed by atoms with Gasteiger partial charge in [-0.15, -0.1) is 0 Å². The largest absolute Gasteiger partial charge is 0.496 e. The molecule has 2 aliphatic rings. The van der Waals surface area contributed by atoms with Gasteiger partial charge in [-0.05, 0) is 74.2 Å². The molecule has 12 nitrogen and oxygen atoms in total. The van der Waals surface area contributed by atoms with Crippen molar-refractivity contribution in [2.75, 3.05) is 40.4 Å². The third-order valence-electron chi connectivity index (χ3n) is 10.2. The fraction of sp³-hybridized carbons (Fsp3) is 0.362.